The van der Waals surface area contributed by atoms with Crippen molar-refractivity contribution in [1.29, 1.82) is 0 Å². The highest BCUT2D eigenvalue weighted by Gasteiger charge is 2.19. The second-order valence-electron chi connectivity index (χ2n) is 3.94. The number of rotatable bonds is 3. The van der Waals surface area contributed by atoms with Crippen LogP contribution in [0.25, 0.3) is 0 Å². The first-order chi connectivity index (χ1) is 6.93. The molecule has 0 fully saturated rings. The Bertz CT molecular complexity index is 346. The molecule has 2 amide bonds. The molecule has 6 nitrogen and oxygen atoms in total. The van der Waals surface area contributed by atoms with Gasteiger partial charge in [0, 0.05) is 6.07 Å². The first-order valence-electron chi connectivity index (χ1n) is 4.56. The molecule has 0 aliphatic rings. The van der Waals surface area contributed by atoms with E-state index in [0.29, 0.717) is 11.6 Å². The summed E-state index contributed by atoms with van der Waals surface area (Å²) in [6, 6.07) is 1.17. The van der Waals surface area contributed by atoms with E-state index in [1.165, 1.54) is 0 Å². The summed E-state index contributed by atoms with van der Waals surface area (Å²) in [6.45, 7) is 5.01. The maximum atomic E-state index is 11.4. The molecule has 1 rings (SSSR count). The van der Waals surface area contributed by atoms with Crippen LogP contribution in [0.5, 0.6) is 0 Å². The highest BCUT2D eigenvalue weighted by Crippen LogP contribution is 2.07. The molecule has 3 N–H and O–H groups in total. The van der Waals surface area contributed by atoms with E-state index in [4.69, 9.17) is 9.63 Å². The minimum Gasteiger partial charge on any atom is -0.394 e. The fraction of sp³-hybridized carbons (Fsp3) is 0.556. The molecule has 84 valence electrons. The second kappa shape index (κ2) is 4.31. The van der Waals surface area contributed by atoms with Crippen LogP contribution in [-0.4, -0.2) is 28.4 Å². The molecule has 0 spiro atoms. The number of nitrogens with one attached hydrogen (secondary N) is 2. The van der Waals surface area contributed by atoms with E-state index in [1.807, 2.05) is 0 Å². The number of aromatic nitrogens is 1. The van der Waals surface area contributed by atoms with Crippen LogP contribution in [0.3, 0.4) is 0 Å². The van der Waals surface area contributed by atoms with Crippen molar-refractivity contribution in [3.8, 4) is 0 Å². The molecule has 0 saturated carbocycles. The van der Waals surface area contributed by atoms with Crippen molar-refractivity contribution < 1.29 is 14.4 Å². The molecule has 0 aromatic carbocycles. The van der Waals surface area contributed by atoms with Gasteiger partial charge in [-0.2, -0.15) is 0 Å². The zero-order valence-corrected chi connectivity index (χ0v) is 9.00. The number of nitrogens with zero attached hydrogens (tertiary/aromatic N) is 1. The van der Waals surface area contributed by atoms with Crippen LogP contribution in [0, 0.1) is 6.92 Å². The minimum atomic E-state index is -0.664. The number of amides is 2. The number of urea groups is 1. The van der Waals surface area contributed by atoms with Crippen molar-refractivity contribution in [2.75, 3.05) is 11.9 Å². The minimum absolute atomic E-state index is 0.141. The SMILES string of the molecule is Cc1cc(NC(=O)NC(C)(C)CO)no1. The Labute approximate surface area is 87.6 Å². The van der Waals surface area contributed by atoms with Crippen molar-refractivity contribution in [1.82, 2.24) is 10.5 Å². The molecular formula is C9H15N3O3. The van der Waals surface area contributed by atoms with Gasteiger partial charge in [0.2, 0.25) is 0 Å². The summed E-state index contributed by atoms with van der Waals surface area (Å²) in [4.78, 5) is 11.4. The van der Waals surface area contributed by atoms with E-state index in [2.05, 4.69) is 15.8 Å². The Morgan fingerprint density at radius 3 is 2.80 bits per heavy atom. The molecule has 0 aliphatic carbocycles. The molecule has 0 aliphatic heterocycles. The Hall–Kier alpha value is -1.56. The van der Waals surface area contributed by atoms with Crippen LogP contribution in [0.2, 0.25) is 0 Å². The molecule has 0 radical (unpaired) electrons. The molecule has 0 atom stereocenters. The van der Waals surface area contributed by atoms with Crippen LogP contribution in [0.4, 0.5) is 10.6 Å². The number of aryl methyl sites for hydroxylation is 1. The summed E-state index contributed by atoms with van der Waals surface area (Å²) < 4.78 is 4.78. The van der Waals surface area contributed by atoms with Crippen molar-refractivity contribution in [2.45, 2.75) is 26.3 Å². The van der Waals surface area contributed by atoms with Gasteiger partial charge in [0.25, 0.3) is 0 Å². The summed E-state index contributed by atoms with van der Waals surface area (Å²) >= 11 is 0. The average Bonchev–Trinajstić information content (AvgIpc) is 2.50. The molecule has 1 aromatic heterocycles. The van der Waals surface area contributed by atoms with Gasteiger partial charge in [0.05, 0.1) is 12.1 Å². The van der Waals surface area contributed by atoms with E-state index in [-0.39, 0.29) is 6.61 Å². The molecule has 0 saturated heterocycles. The lowest BCUT2D eigenvalue weighted by atomic mass is 10.1. The van der Waals surface area contributed by atoms with E-state index in [0.717, 1.165) is 0 Å². The molecule has 0 unspecified atom stereocenters. The summed E-state index contributed by atoms with van der Waals surface area (Å²) in [5.41, 5.74) is -0.664. The Balaban J connectivity index is 2.50. The number of aliphatic hydroxyl groups is 1. The van der Waals surface area contributed by atoms with Crippen LogP contribution < -0.4 is 10.6 Å². The number of hydrogen-bond acceptors (Lipinski definition) is 4. The molecule has 1 aromatic rings. The quantitative estimate of drug-likeness (QED) is 0.695. The summed E-state index contributed by atoms with van der Waals surface area (Å²) in [5, 5.41) is 17.6. The van der Waals surface area contributed by atoms with E-state index in [1.54, 1.807) is 26.8 Å². The van der Waals surface area contributed by atoms with Gasteiger partial charge < -0.3 is 14.9 Å². The van der Waals surface area contributed by atoms with E-state index in [9.17, 15) is 4.79 Å². The lowest BCUT2D eigenvalue weighted by Gasteiger charge is -2.22. The van der Waals surface area contributed by atoms with Gasteiger partial charge >= 0.3 is 6.03 Å². The first-order valence-corrected chi connectivity index (χ1v) is 4.56. The normalized spacial score (nSPS) is 11.2. The fourth-order valence-electron chi connectivity index (χ4n) is 0.920. The third kappa shape index (κ3) is 3.59. The van der Waals surface area contributed by atoms with Crippen LogP contribution >= 0.6 is 0 Å². The Morgan fingerprint density at radius 2 is 2.33 bits per heavy atom. The molecule has 6 heteroatoms. The van der Waals surface area contributed by atoms with Crippen molar-refractivity contribution >= 4 is 11.8 Å². The molecular weight excluding hydrogens is 198 g/mol. The third-order valence-electron chi connectivity index (χ3n) is 1.72. The largest absolute Gasteiger partial charge is 0.394 e. The van der Waals surface area contributed by atoms with Gasteiger partial charge in [-0.05, 0) is 20.8 Å². The van der Waals surface area contributed by atoms with Gasteiger partial charge in [-0.25, -0.2) is 4.79 Å². The lowest BCUT2D eigenvalue weighted by Crippen LogP contribution is -2.48. The summed E-state index contributed by atoms with van der Waals surface area (Å²) in [5.74, 6) is 0.963. The highest BCUT2D eigenvalue weighted by atomic mass is 16.5. The van der Waals surface area contributed by atoms with Crippen molar-refractivity contribution in [2.24, 2.45) is 0 Å². The topological polar surface area (TPSA) is 87.4 Å². The maximum Gasteiger partial charge on any atom is 0.320 e. The van der Waals surface area contributed by atoms with Crippen LogP contribution in [0.15, 0.2) is 10.6 Å². The van der Waals surface area contributed by atoms with E-state index >= 15 is 0 Å². The van der Waals surface area contributed by atoms with Gasteiger partial charge in [0.1, 0.15) is 5.76 Å². The highest BCUT2D eigenvalue weighted by molar-refractivity contribution is 5.88. The van der Waals surface area contributed by atoms with Crippen LogP contribution in [0.1, 0.15) is 19.6 Å². The first kappa shape index (κ1) is 11.5. The van der Waals surface area contributed by atoms with Crippen molar-refractivity contribution in [3.63, 3.8) is 0 Å². The standard InChI is InChI=1S/C9H15N3O3/c1-6-4-7(12-15-6)10-8(14)11-9(2,3)5-13/h4,13H,5H2,1-3H3,(H2,10,11,12,14). The lowest BCUT2D eigenvalue weighted by molar-refractivity contribution is 0.187. The zero-order valence-electron chi connectivity index (χ0n) is 9.00. The Morgan fingerprint density at radius 1 is 1.67 bits per heavy atom. The predicted molar refractivity (Wildman–Crippen MR) is 54.6 cm³/mol. The Kier molecular flexibility index (Phi) is 3.31. The number of anilines is 1. The fourth-order valence-corrected chi connectivity index (χ4v) is 0.920. The monoisotopic (exact) mass is 213 g/mol. The summed E-state index contributed by atoms with van der Waals surface area (Å²) in [6.07, 6.45) is 0. The number of hydrogen-bond donors (Lipinski definition) is 3. The van der Waals surface area contributed by atoms with Crippen molar-refractivity contribution in [3.05, 3.63) is 11.8 Å². The average molecular weight is 213 g/mol. The van der Waals surface area contributed by atoms with Gasteiger partial charge in [0.15, 0.2) is 5.82 Å². The maximum absolute atomic E-state index is 11.4. The molecule has 1 heterocycles. The molecule has 0 bridgehead atoms. The smallest absolute Gasteiger partial charge is 0.320 e. The summed E-state index contributed by atoms with van der Waals surface area (Å²) in [7, 11) is 0. The van der Waals surface area contributed by atoms with E-state index < -0.39 is 11.6 Å². The second-order valence-corrected chi connectivity index (χ2v) is 3.94. The van der Waals surface area contributed by atoms with Gasteiger partial charge in [-0.1, -0.05) is 5.16 Å². The van der Waals surface area contributed by atoms with Crippen LogP contribution in [-0.2, 0) is 0 Å². The zero-order chi connectivity index (χ0) is 11.5. The van der Waals surface area contributed by atoms with Gasteiger partial charge in [-0.15, -0.1) is 0 Å². The third-order valence-corrected chi connectivity index (χ3v) is 1.72. The number of carbonyl (C=O) groups excluding carboxylic acids is 1. The van der Waals surface area contributed by atoms with Gasteiger partial charge in [-0.3, -0.25) is 5.32 Å². The predicted octanol–water partition coefficient (Wildman–Crippen LogP) is 0.875. The number of aliphatic hydroxyl groups excluding tert-OH is 1. The molecule has 15 heavy (non-hydrogen) atoms. The number of carbonyl (C=O) groups is 1.